The van der Waals surface area contributed by atoms with Gasteiger partial charge in [0.15, 0.2) is 0 Å². The number of anilines is 2. The fourth-order valence-corrected chi connectivity index (χ4v) is 5.73. The van der Waals surface area contributed by atoms with Crippen LogP contribution in [0.1, 0.15) is 51.8 Å². The first kappa shape index (κ1) is 24.9. The van der Waals surface area contributed by atoms with Crippen molar-refractivity contribution in [1.29, 1.82) is 0 Å². The third-order valence-electron chi connectivity index (χ3n) is 7.86. The van der Waals surface area contributed by atoms with Gasteiger partial charge in [-0.3, -0.25) is 4.99 Å². The molecule has 1 aliphatic carbocycles. The summed E-state index contributed by atoms with van der Waals surface area (Å²) in [6.45, 7) is 10.7. The highest BCUT2D eigenvalue weighted by Crippen LogP contribution is 2.46. The zero-order chi connectivity index (χ0) is 27.1. The fraction of sp³-hybridized carbons (Fsp3) is 0.194. The Hall–Kier alpha value is -4.37. The van der Waals surface area contributed by atoms with Gasteiger partial charge < -0.3 is 10.1 Å². The molecule has 3 heteroatoms. The number of aliphatic imine (C=N–C) groups is 1. The Balaban J connectivity index is 1.48. The van der Waals surface area contributed by atoms with Crippen LogP contribution in [0.3, 0.4) is 0 Å². The zero-order valence-electron chi connectivity index (χ0n) is 23.4. The van der Waals surface area contributed by atoms with Gasteiger partial charge in [-0.05, 0) is 98.5 Å². The predicted molar refractivity (Wildman–Crippen MR) is 164 cm³/mol. The number of hydrogen-bond donors (Lipinski definition) is 1. The lowest BCUT2D eigenvalue weighted by molar-refractivity contribution is 0.424. The molecule has 4 aromatic rings. The fourth-order valence-electron chi connectivity index (χ4n) is 5.73. The number of rotatable bonds is 4. The third kappa shape index (κ3) is 4.70. The summed E-state index contributed by atoms with van der Waals surface area (Å²) in [5, 5.41) is 3.64. The second-order valence-electron chi connectivity index (χ2n) is 10.7. The van der Waals surface area contributed by atoms with Gasteiger partial charge in [-0.2, -0.15) is 0 Å². The molecule has 2 aliphatic rings. The topological polar surface area (TPSA) is 33.6 Å². The highest BCUT2D eigenvalue weighted by molar-refractivity contribution is 6.02. The Morgan fingerprint density at radius 2 is 1.33 bits per heavy atom. The van der Waals surface area contributed by atoms with Crippen molar-refractivity contribution in [2.45, 2.75) is 47.5 Å². The second kappa shape index (κ2) is 10.1. The summed E-state index contributed by atoms with van der Waals surface area (Å²) in [6.07, 6.45) is 3.92. The van der Waals surface area contributed by atoms with E-state index in [1.54, 1.807) is 0 Å². The van der Waals surface area contributed by atoms with Gasteiger partial charge in [-0.1, -0.05) is 60.7 Å². The first-order valence-electron chi connectivity index (χ1n) is 13.7. The van der Waals surface area contributed by atoms with Crippen molar-refractivity contribution in [3.05, 3.63) is 135 Å². The maximum absolute atomic E-state index is 6.68. The standard InChI is InChI=1S/C36H34N2O/c1-22-10-6-7-15-29(22)34-30-18-16-27(37-35-23(2)11-8-12-24(35)3)20-32(30)39-33-21-28(17-19-31(33)34)38-36-25(4)13-9-14-26(36)5/h6-16,18,20-21,37H,17,19H2,1-5H3/b38-28-. The minimum Gasteiger partial charge on any atom is -0.456 e. The largest absolute Gasteiger partial charge is 0.456 e. The molecule has 0 atom stereocenters. The molecule has 0 amide bonds. The van der Waals surface area contributed by atoms with Crippen LogP contribution in [0.5, 0.6) is 5.75 Å². The molecule has 1 N–H and O–H groups in total. The van der Waals surface area contributed by atoms with Crippen LogP contribution in [-0.4, -0.2) is 5.71 Å². The van der Waals surface area contributed by atoms with Crippen LogP contribution in [-0.2, 0) is 0 Å². The summed E-state index contributed by atoms with van der Waals surface area (Å²) in [6, 6.07) is 27.9. The van der Waals surface area contributed by atoms with Crippen LogP contribution < -0.4 is 10.1 Å². The number of hydrogen-bond acceptors (Lipinski definition) is 3. The van der Waals surface area contributed by atoms with E-state index in [4.69, 9.17) is 9.73 Å². The number of aryl methyl sites for hydroxylation is 5. The number of nitrogens with zero attached hydrogens (tertiary/aromatic N) is 1. The summed E-state index contributed by atoms with van der Waals surface area (Å²) in [5.74, 6) is 1.77. The van der Waals surface area contributed by atoms with Gasteiger partial charge in [0.2, 0.25) is 0 Å². The van der Waals surface area contributed by atoms with E-state index in [-0.39, 0.29) is 0 Å². The Morgan fingerprint density at radius 3 is 2.05 bits per heavy atom. The van der Waals surface area contributed by atoms with E-state index >= 15 is 0 Å². The SMILES string of the molecule is Cc1ccccc1C1=C2CC/C(=N/c3c(C)cccc3C)C=C2Oc2cc(Nc3c(C)cccc3C)ccc21. The number of para-hydroxylation sites is 2. The minimum atomic E-state index is 0.868. The molecule has 0 fully saturated rings. The van der Waals surface area contributed by atoms with E-state index in [2.05, 4.69) is 125 Å². The molecular weight excluding hydrogens is 476 g/mol. The molecule has 0 radical (unpaired) electrons. The number of nitrogens with one attached hydrogen (secondary N) is 1. The molecule has 3 nitrogen and oxygen atoms in total. The van der Waals surface area contributed by atoms with Crippen molar-refractivity contribution in [1.82, 2.24) is 0 Å². The number of fused-ring (bicyclic) bond motifs is 2. The van der Waals surface area contributed by atoms with Crippen molar-refractivity contribution in [3.8, 4) is 5.75 Å². The van der Waals surface area contributed by atoms with Crippen molar-refractivity contribution in [3.63, 3.8) is 0 Å². The van der Waals surface area contributed by atoms with Crippen molar-refractivity contribution >= 4 is 28.3 Å². The average molecular weight is 511 g/mol. The van der Waals surface area contributed by atoms with Gasteiger partial charge in [0.05, 0.1) is 5.69 Å². The summed E-state index contributed by atoms with van der Waals surface area (Å²) in [5.41, 5.74) is 15.3. The van der Waals surface area contributed by atoms with E-state index in [0.717, 1.165) is 52.7 Å². The van der Waals surface area contributed by atoms with Gasteiger partial charge in [-0.25, -0.2) is 0 Å². The summed E-state index contributed by atoms with van der Waals surface area (Å²) >= 11 is 0. The molecule has 0 bridgehead atoms. The van der Waals surface area contributed by atoms with Crippen LogP contribution in [0.4, 0.5) is 17.1 Å². The Kier molecular flexibility index (Phi) is 6.44. The molecule has 39 heavy (non-hydrogen) atoms. The van der Waals surface area contributed by atoms with E-state index in [0.29, 0.717) is 0 Å². The summed E-state index contributed by atoms with van der Waals surface area (Å²) in [7, 11) is 0. The van der Waals surface area contributed by atoms with Gasteiger partial charge in [0.1, 0.15) is 11.5 Å². The molecular formula is C36H34N2O. The lowest BCUT2D eigenvalue weighted by atomic mass is 9.83. The highest BCUT2D eigenvalue weighted by Gasteiger charge is 2.29. The molecule has 1 aliphatic heterocycles. The van der Waals surface area contributed by atoms with Crippen LogP contribution >= 0.6 is 0 Å². The minimum absolute atomic E-state index is 0.868. The quantitative estimate of drug-likeness (QED) is 0.296. The Labute approximate surface area is 231 Å². The van der Waals surface area contributed by atoms with Gasteiger partial charge in [-0.15, -0.1) is 0 Å². The molecule has 0 spiro atoms. The van der Waals surface area contributed by atoms with Crippen LogP contribution in [0.15, 0.2) is 101 Å². The smallest absolute Gasteiger partial charge is 0.137 e. The monoisotopic (exact) mass is 510 g/mol. The molecule has 0 aromatic heterocycles. The molecule has 0 unspecified atom stereocenters. The number of ether oxygens (including phenoxy) is 1. The van der Waals surface area contributed by atoms with Crippen LogP contribution in [0.25, 0.3) is 5.57 Å². The van der Waals surface area contributed by atoms with E-state index in [9.17, 15) is 0 Å². The normalized spacial score (nSPS) is 15.4. The maximum atomic E-state index is 6.68. The summed E-state index contributed by atoms with van der Waals surface area (Å²) < 4.78 is 6.68. The van der Waals surface area contributed by atoms with E-state index in [1.807, 2.05) is 0 Å². The summed E-state index contributed by atoms with van der Waals surface area (Å²) in [4.78, 5) is 5.10. The van der Waals surface area contributed by atoms with Crippen LogP contribution in [0, 0.1) is 34.6 Å². The first-order chi connectivity index (χ1) is 18.9. The average Bonchev–Trinajstić information content (AvgIpc) is 2.92. The zero-order valence-corrected chi connectivity index (χ0v) is 23.4. The lowest BCUT2D eigenvalue weighted by Gasteiger charge is -2.30. The number of allylic oxidation sites excluding steroid dienone is 2. The molecule has 4 aromatic carbocycles. The van der Waals surface area contributed by atoms with Crippen LogP contribution in [0.2, 0.25) is 0 Å². The van der Waals surface area contributed by atoms with Gasteiger partial charge in [0, 0.05) is 40.4 Å². The van der Waals surface area contributed by atoms with Gasteiger partial charge >= 0.3 is 0 Å². The molecule has 6 rings (SSSR count). The molecule has 0 saturated heterocycles. The van der Waals surface area contributed by atoms with E-state index in [1.165, 1.54) is 44.5 Å². The first-order valence-corrected chi connectivity index (χ1v) is 13.7. The molecule has 1 heterocycles. The van der Waals surface area contributed by atoms with E-state index < -0.39 is 0 Å². The Bertz CT molecular complexity index is 1660. The Morgan fingerprint density at radius 1 is 0.667 bits per heavy atom. The van der Waals surface area contributed by atoms with Crippen molar-refractivity contribution < 1.29 is 4.74 Å². The van der Waals surface area contributed by atoms with Gasteiger partial charge in [0.25, 0.3) is 0 Å². The second-order valence-corrected chi connectivity index (χ2v) is 10.7. The number of benzene rings is 4. The predicted octanol–water partition coefficient (Wildman–Crippen LogP) is 9.62. The third-order valence-corrected chi connectivity index (χ3v) is 7.86. The maximum Gasteiger partial charge on any atom is 0.137 e. The van der Waals surface area contributed by atoms with Crippen molar-refractivity contribution in [2.24, 2.45) is 4.99 Å². The molecule has 0 saturated carbocycles. The highest BCUT2D eigenvalue weighted by atomic mass is 16.5. The van der Waals surface area contributed by atoms with Crippen molar-refractivity contribution in [2.75, 3.05) is 5.32 Å². The molecule has 194 valence electrons. The lowest BCUT2D eigenvalue weighted by Crippen LogP contribution is -2.17.